The number of nitrogens with one attached hydrogen (secondary N) is 2. The van der Waals surface area contributed by atoms with Gasteiger partial charge in [-0.25, -0.2) is 0 Å². The normalized spacial score (nSPS) is 12.3. The number of hydrogen-bond donors (Lipinski definition) is 3. The second-order valence-corrected chi connectivity index (χ2v) is 4.31. The van der Waals surface area contributed by atoms with E-state index in [2.05, 4.69) is 23.3 Å². The summed E-state index contributed by atoms with van der Waals surface area (Å²) >= 11 is 4.15. The van der Waals surface area contributed by atoms with Gasteiger partial charge in [-0.2, -0.15) is 12.6 Å². The molecule has 2 amide bonds. The summed E-state index contributed by atoms with van der Waals surface area (Å²) in [5, 5.41) is 4.86. The van der Waals surface area contributed by atoms with Gasteiger partial charge < -0.3 is 10.6 Å². The van der Waals surface area contributed by atoms with Gasteiger partial charge >= 0.3 is 0 Å². The number of amides is 2. The lowest BCUT2D eigenvalue weighted by atomic mass is 10.1. The summed E-state index contributed by atoms with van der Waals surface area (Å²) in [5.74, 6) is -0.193. The van der Waals surface area contributed by atoms with E-state index in [0.29, 0.717) is 6.54 Å². The molecule has 0 rings (SSSR count). The predicted octanol–water partition coefficient (Wildman–Crippen LogP) is 0.583. The van der Waals surface area contributed by atoms with Crippen molar-refractivity contribution in [2.24, 2.45) is 5.92 Å². The van der Waals surface area contributed by atoms with Crippen LogP contribution in [0.15, 0.2) is 0 Å². The van der Waals surface area contributed by atoms with Gasteiger partial charge in [0.25, 0.3) is 0 Å². The van der Waals surface area contributed by atoms with Crippen molar-refractivity contribution >= 4 is 24.4 Å². The first-order valence-electron chi connectivity index (χ1n) is 5.21. The van der Waals surface area contributed by atoms with Crippen LogP contribution in [0.5, 0.6) is 0 Å². The van der Waals surface area contributed by atoms with Gasteiger partial charge in [0.2, 0.25) is 11.8 Å². The quantitative estimate of drug-likeness (QED) is 0.587. The maximum atomic E-state index is 11.4. The second kappa shape index (κ2) is 7.56. The Morgan fingerprint density at radius 2 is 1.87 bits per heavy atom. The van der Waals surface area contributed by atoms with Crippen molar-refractivity contribution in [3.8, 4) is 0 Å². The highest BCUT2D eigenvalue weighted by Crippen LogP contribution is 2.07. The van der Waals surface area contributed by atoms with E-state index < -0.39 is 0 Å². The highest BCUT2D eigenvalue weighted by molar-refractivity contribution is 7.81. The highest BCUT2D eigenvalue weighted by atomic mass is 32.1. The zero-order valence-corrected chi connectivity index (χ0v) is 10.4. The Bertz CT molecular complexity index is 219. The minimum Gasteiger partial charge on any atom is -0.355 e. The van der Waals surface area contributed by atoms with Gasteiger partial charge in [-0.05, 0) is 12.3 Å². The van der Waals surface area contributed by atoms with Crippen LogP contribution in [0.2, 0.25) is 0 Å². The molecule has 0 spiro atoms. The molecule has 5 heteroatoms. The summed E-state index contributed by atoms with van der Waals surface area (Å²) in [5.41, 5.74) is 0. The average molecular weight is 232 g/mol. The highest BCUT2D eigenvalue weighted by Gasteiger charge is 2.17. The Balaban J connectivity index is 3.75. The molecule has 0 aliphatic rings. The fourth-order valence-corrected chi connectivity index (χ4v) is 0.993. The topological polar surface area (TPSA) is 58.2 Å². The molecule has 2 N–H and O–H groups in total. The predicted molar refractivity (Wildman–Crippen MR) is 63.9 cm³/mol. The standard InChI is InChI=1S/C10H20N2O2S/c1-4-5-11-8(13)6-12-10(14)9(15)7(2)3/h7,9,15H,4-6H2,1-3H3,(H,11,13)(H,12,14). The van der Waals surface area contributed by atoms with Crippen molar-refractivity contribution in [3.05, 3.63) is 0 Å². The number of hydrogen-bond acceptors (Lipinski definition) is 3. The first-order valence-corrected chi connectivity index (χ1v) is 5.73. The van der Waals surface area contributed by atoms with Crippen molar-refractivity contribution in [1.82, 2.24) is 10.6 Å². The Morgan fingerprint density at radius 1 is 1.27 bits per heavy atom. The molecule has 0 aliphatic carbocycles. The van der Waals surface area contributed by atoms with Gasteiger partial charge in [-0.3, -0.25) is 9.59 Å². The van der Waals surface area contributed by atoms with Gasteiger partial charge in [-0.1, -0.05) is 20.8 Å². The molecule has 15 heavy (non-hydrogen) atoms. The number of carbonyl (C=O) groups excluding carboxylic acids is 2. The van der Waals surface area contributed by atoms with E-state index in [9.17, 15) is 9.59 Å². The summed E-state index contributed by atoms with van der Waals surface area (Å²) in [6.45, 7) is 6.47. The molecule has 0 aromatic rings. The zero-order valence-electron chi connectivity index (χ0n) is 9.54. The molecule has 1 unspecified atom stereocenters. The van der Waals surface area contributed by atoms with Crippen LogP contribution in [0.3, 0.4) is 0 Å². The SMILES string of the molecule is CCCNC(=O)CNC(=O)C(S)C(C)C. The Hall–Kier alpha value is -0.710. The van der Waals surface area contributed by atoms with E-state index in [1.54, 1.807) is 0 Å². The summed E-state index contributed by atoms with van der Waals surface area (Å²) < 4.78 is 0. The van der Waals surface area contributed by atoms with Gasteiger partial charge in [0.15, 0.2) is 0 Å². The number of thiol groups is 1. The molecule has 0 aromatic carbocycles. The van der Waals surface area contributed by atoms with E-state index in [0.717, 1.165) is 6.42 Å². The first-order chi connectivity index (χ1) is 6.99. The lowest BCUT2D eigenvalue weighted by Gasteiger charge is -2.14. The van der Waals surface area contributed by atoms with Crippen molar-refractivity contribution in [2.45, 2.75) is 32.4 Å². The van der Waals surface area contributed by atoms with Crippen molar-refractivity contribution in [1.29, 1.82) is 0 Å². The number of carbonyl (C=O) groups is 2. The molecule has 0 aromatic heterocycles. The molecule has 0 heterocycles. The second-order valence-electron chi connectivity index (χ2n) is 3.76. The molecular formula is C10H20N2O2S. The molecular weight excluding hydrogens is 212 g/mol. The van der Waals surface area contributed by atoms with Crippen LogP contribution in [0.4, 0.5) is 0 Å². The molecule has 0 bridgehead atoms. The minimum absolute atomic E-state index is 0.0304. The lowest BCUT2D eigenvalue weighted by molar-refractivity contribution is -0.126. The van der Waals surface area contributed by atoms with E-state index >= 15 is 0 Å². The van der Waals surface area contributed by atoms with E-state index in [4.69, 9.17) is 0 Å². The maximum absolute atomic E-state index is 11.4. The smallest absolute Gasteiger partial charge is 0.239 e. The van der Waals surface area contributed by atoms with Crippen LogP contribution in [0, 0.1) is 5.92 Å². The van der Waals surface area contributed by atoms with Gasteiger partial charge in [0.05, 0.1) is 11.8 Å². The molecule has 4 nitrogen and oxygen atoms in total. The maximum Gasteiger partial charge on any atom is 0.239 e. The first kappa shape index (κ1) is 14.3. The Morgan fingerprint density at radius 3 is 2.33 bits per heavy atom. The van der Waals surface area contributed by atoms with Crippen LogP contribution in [0.1, 0.15) is 27.2 Å². The third-order valence-electron chi connectivity index (χ3n) is 1.90. The van der Waals surface area contributed by atoms with E-state index in [1.165, 1.54) is 0 Å². The van der Waals surface area contributed by atoms with Gasteiger partial charge in [0.1, 0.15) is 0 Å². The van der Waals surface area contributed by atoms with Crippen LogP contribution in [-0.2, 0) is 9.59 Å². The molecule has 0 aliphatic heterocycles. The van der Waals surface area contributed by atoms with Crippen molar-refractivity contribution in [2.75, 3.05) is 13.1 Å². The fourth-order valence-electron chi connectivity index (χ4n) is 0.902. The van der Waals surface area contributed by atoms with Crippen LogP contribution in [0.25, 0.3) is 0 Å². The van der Waals surface area contributed by atoms with Crippen LogP contribution in [-0.4, -0.2) is 30.2 Å². The monoisotopic (exact) mass is 232 g/mol. The van der Waals surface area contributed by atoms with E-state index in [1.807, 2.05) is 20.8 Å². The van der Waals surface area contributed by atoms with Crippen LogP contribution < -0.4 is 10.6 Å². The zero-order chi connectivity index (χ0) is 11.8. The summed E-state index contributed by atoms with van der Waals surface area (Å²) in [6.07, 6.45) is 0.890. The molecule has 0 fully saturated rings. The summed E-state index contributed by atoms with van der Waals surface area (Å²) in [4.78, 5) is 22.5. The van der Waals surface area contributed by atoms with Gasteiger partial charge in [-0.15, -0.1) is 0 Å². The fraction of sp³-hybridized carbons (Fsp3) is 0.800. The van der Waals surface area contributed by atoms with Gasteiger partial charge in [0, 0.05) is 6.54 Å². The van der Waals surface area contributed by atoms with Crippen molar-refractivity contribution in [3.63, 3.8) is 0 Å². The Labute approximate surface area is 96.6 Å². The molecule has 88 valence electrons. The van der Waals surface area contributed by atoms with Crippen molar-refractivity contribution < 1.29 is 9.59 Å². The lowest BCUT2D eigenvalue weighted by Crippen LogP contribution is -2.41. The van der Waals surface area contributed by atoms with E-state index in [-0.39, 0.29) is 29.5 Å². The third-order valence-corrected chi connectivity index (χ3v) is 2.73. The number of rotatable bonds is 6. The summed E-state index contributed by atoms with van der Waals surface area (Å²) in [7, 11) is 0. The Kier molecular flexibility index (Phi) is 7.21. The van der Waals surface area contributed by atoms with Crippen LogP contribution >= 0.6 is 12.6 Å². The average Bonchev–Trinajstić information content (AvgIpc) is 2.21. The third kappa shape index (κ3) is 6.38. The molecule has 1 atom stereocenters. The summed E-state index contributed by atoms with van der Waals surface area (Å²) in [6, 6.07) is 0. The molecule has 0 saturated heterocycles. The minimum atomic E-state index is -0.357. The molecule has 0 saturated carbocycles. The molecule has 0 radical (unpaired) electrons. The largest absolute Gasteiger partial charge is 0.355 e.